The van der Waals surface area contributed by atoms with Crippen LogP contribution in [-0.4, -0.2) is 74.5 Å². The number of amides is 1. The molecule has 27 heavy (non-hydrogen) atoms. The van der Waals surface area contributed by atoms with Crippen molar-refractivity contribution >= 4 is 17.8 Å². The van der Waals surface area contributed by atoms with Gasteiger partial charge in [0.25, 0.3) is 0 Å². The monoisotopic (exact) mass is 380 g/mol. The number of nitrogens with zero attached hydrogens (tertiary/aromatic N) is 3. The number of ether oxygens (including phenoxy) is 1. The van der Waals surface area contributed by atoms with Crippen LogP contribution in [0.2, 0.25) is 0 Å². The minimum atomic E-state index is -0.375. The minimum absolute atomic E-state index is 0.105. The minimum Gasteiger partial charge on any atom is -0.466 e. The molecule has 1 heterocycles. The summed E-state index contributed by atoms with van der Waals surface area (Å²) in [6, 6.07) is 0. The van der Waals surface area contributed by atoms with E-state index >= 15 is 0 Å². The van der Waals surface area contributed by atoms with E-state index in [1.165, 1.54) is 0 Å². The van der Waals surface area contributed by atoms with Gasteiger partial charge in [-0.3, -0.25) is 14.6 Å². The third kappa shape index (κ3) is 5.36. The number of carbonyl (C=O) groups is 2. The number of hydrogen-bond acceptors (Lipinski definition) is 4. The molecule has 1 atom stereocenters. The quantitative estimate of drug-likeness (QED) is 0.433. The molecule has 2 rings (SSSR count). The number of hydrogen-bond donors (Lipinski definition) is 1. The Bertz CT molecular complexity index is 541. The van der Waals surface area contributed by atoms with E-state index in [4.69, 9.17) is 9.73 Å². The van der Waals surface area contributed by atoms with Crippen LogP contribution >= 0.6 is 0 Å². The molecule has 0 aromatic carbocycles. The maximum atomic E-state index is 12.8. The number of piperidine rings is 1. The molecule has 0 bridgehead atoms. The molecule has 1 N–H and O–H groups in total. The Morgan fingerprint density at radius 2 is 1.93 bits per heavy atom. The van der Waals surface area contributed by atoms with E-state index in [1.54, 1.807) is 4.90 Å². The second kappa shape index (κ2) is 9.95. The van der Waals surface area contributed by atoms with E-state index in [0.29, 0.717) is 19.7 Å². The van der Waals surface area contributed by atoms with E-state index in [1.807, 2.05) is 27.9 Å². The van der Waals surface area contributed by atoms with Crippen LogP contribution in [0, 0.1) is 11.3 Å². The Hall–Kier alpha value is -1.79. The van der Waals surface area contributed by atoms with E-state index < -0.39 is 0 Å². The van der Waals surface area contributed by atoms with Crippen LogP contribution in [0.3, 0.4) is 0 Å². The van der Waals surface area contributed by atoms with Crippen molar-refractivity contribution in [3.63, 3.8) is 0 Å². The highest BCUT2D eigenvalue weighted by Gasteiger charge is 2.42. The topological polar surface area (TPSA) is 74.2 Å². The van der Waals surface area contributed by atoms with Crippen LogP contribution in [0.15, 0.2) is 4.99 Å². The van der Waals surface area contributed by atoms with Crippen LogP contribution in [0.4, 0.5) is 0 Å². The summed E-state index contributed by atoms with van der Waals surface area (Å²) in [4.78, 5) is 33.7. The first kappa shape index (κ1) is 21.5. The van der Waals surface area contributed by atoms with Crippen molar-refractivity contribution in [2.24, 2.45) is 16.3 Å². The maximum absolute atomic E-state index is 12.8. The summed E-state index contributed by atoms with van der Waals surface area (Å²) in [6.45, 7) is 7.06. The molecule has 1 amide bonds. The van der Waals surface area contributed by atoms with E-state index in [9.17, 15) is 9.59 Å². The van der Waals surface area contributed by atoms with Crippen molar-refractivity contribution in [3.8, 4) is 0 Å². The van der Waals surface area contributed by atoms with Gasteiger partial charge in [-0.2, -0.15) is 0 Å². The first-order valence-electron chi connectivity index (χ1n) is 10.3. The van der Waals surface area contributed by atoms with Crippen molar-refractivity contribution in [2.45, 2.75) is 52.4 Å². The molecule has 7 heteroatoms. The van der Waals surface area contributed by atoms with E-state index in [2.05, 4.69) is 10.2 Å². The highest BCUT2D eigenvalue weighted by atomic mass is 16.5. The van der Waals surface area contributed by atoms with Gasteiger partial charge < -0.3 is 19.9 Å². The molecule has 1 saturated heterocycles. The summed E-state index contributed by atoms with van der Waals surface area (Å²) in [7, 11) is 3.65. The Labute approximate surface area is 163 Å². The van der Waals surface area contributed by atoms with Crippen molar-refractivity contribution < 1.29 is 14.3 Å². The zero-order valence-corrected chi connectivity index (χ0v) is 17.4. The van der Waals surface area contributed by atoms with Gasteiger partial charge >= 0.3 is 5.97 Å². The first-order chi connectivity index (χ1) is 12.9. The predicted molar refractivity (Wildman–Crippen MR) is 107 cm³/mol. The molecule has 1 saturated carbocycles. The SMILES string of the molecule is CCNC(=NCC1(C(=O)N(C)C)CCCC1)N1CCCC(C(=O)OCC)C1. The zero-order valence-electron chi connectivity index (χ0n) is 17.4. The Balaban J connectivity index is 2.12. The predicted octanol–water partition coefficient (Wildman–Crippen LogP) is 1.88. The van der Waals surface area contributed by atoms with Gasteiger partial charge in [0.1, 0.15) is 0 Å². The normalized spacial score (nSPS) is 22.4. The van der Waals surface area contributed by atoms with Crippen LogP contribution in [0.5, 0.6) is 0 Å². The molecule has 0 aromatic heterocycles. The van der Waals surface area contributed by atoms with Crippen LogP contribution < -0.4 is 5.32 Å². The van der Waals surface area contributed by atoms with Gasteiger partial charge in [-0.1, -0.05) is 12.8 Å². The van der Waals surface area contributed by atoms with Crippen LogP contribution in [0.25, 0.3) is 0 Å². The standard InChI is InChI=1S/C20H36N4O3/c1-5-21-19(24-13-9-10-16(14-24)17(25)27-6-2)22-15-20(11-7-8-12-20)18(26)23(3)4/h16H,5-15H2,1-4H3,(H,21,22). The Morgan fingerprint density at radius 1 is 1.22 bits per heavy atom. The number of rotatable bonds is 6. The number of aliphatic imine (C=N–C) groups is 1. The molecule has 1 aliphatic carbocycles. The second-order valence-corrected chi connectivity index (χ2v) is 7.89. The molecule has 2 aliphatic rings. The van der Waals surface area contributed by atoms with Gasteiger partial charge in [0.15, 0.2) is 5.96 Å². The van der Waals surface area contributed by atoms with Crippen molar-refractivity contribution in [1.29, 1.82) is 0 Å². The van der Waals surface area contributed by atoms with Gasteiger partial charge in [0.05, 0.1) is 24.5 Å². The molecule has 0 radical (unpaired) electrons. The Morgan fingerprint density at radius 3 is 2.52 bits per heavy atom. The first-order valence-corrected chi connectivity index (χ1v) is 10.3. The molecule has 0 spiro atoms. The fraction of sp³-hybridized carbons (Fsp3) is 0.850. The summed E-state index contributed by atoms with van der Waals surface area (Å²) in [6.07, 6.45) is 5.77. The van der Waals surface area contributed by atoms with Crippen molar-refractivity contribution in [3.05, 3.63) is 0 Å². The number of likely N-dealkylation sites (tertiary alicyclic amines) is 1. The van der Waals surface area contributed by atoms with Crippen molar-refractivity contribution in [1.82, 2.24) is 15.1 Å². The maximum Gasteiger partial charge on any atom is 0.310 e. The molecule has 0 aromatic rings. The number of esters is 1. The largest absolute Gasteiger partial charge is 0.466 e. The van der Waals surface area contributed by atoms with E-state index in [0.717, 1.165) is 57.6 Å². The summed E-state index contributed by atoms with van der Waals surface area (Å²) >= 11 is 0. The summed E-state index contributed by atoms with van der Waals surface area (Å²) in [5.74, 6) is 0.770. The lowest BCUT2D eigenvalue weighted by atomic mass is 9.85. The van der Waals surface area contributed by atoms with Crippen molar-refractivity contribution in [2.75, 3.05) is 46.9 Å². The fourth-order valence-corrected chi connectivity index (χ4v) is 4.24. The van der Waals surface area contributed by atoms with Gasteiger partial charge in [-0.05, 0) is 39.5 Å². The lowest BCUT2D eigenvalue weighted by molar-refractivity contribution is -0.149. The highest BCUT2D eigenvalue weighted by Crippen LogP contribution is 2.39. The van der Waals surface area contributed by atoms with Gasteiger partial charge in [-0.15, -0.1) is 0 Å². The molecule has 7 nitrogen and oxygen atoms in total. The molecule has 1 aliphatic heterocycles. The van der Waals surface area contributed by atoms with E-state index in [-0.39, 0.29) is 23.2 Å². The second-order valence-electron chi connectivity index (χ2n) is 7.89. The molecule has 154 valence electrons. The highest BCUT2D eigenvalue weighted by molar-refractivity contribution is 5.85. The average Bonchev–Trinajstić information content (AvgIpc) is 3.14. The lowest BCUT2D eigenvalue weighted by Gasteiger charge is -2.35. The average molecular weight is 381 g/mol. The number of nitrogens with one attached hydrogen (secondary N) is 1. The lowest BCUT2D eigenvalue weighted by Crippen LogP contribution is -2.49. The number of guanidine groups is 1. The molecular weight excluding hydrogens is 344 g/mol. The van der Waals surface area contributed by atoms with Gasteiger partial charge in [-0.25, -0.2) is 0 Å². The van der Waals surface area contributed by atoms with Gasteiger partial charge in [0, 0.05) is 33.7 Å². The smallest absolute Gasteiger partial charge is 0.310 e. The molecule has 1 unspecified atom stereocenters. The zero-order chi connectivity index (χ0) is 19.9. The third-order valence-electron chi connectivity index (χ3n) is 5.63. The number of carbonyl (C=O) groups excluding carboxylic acids is 2. The Kier molecular flexibility index (Phi) is 7.92. The summed E-state index contributed by atoms with van der Waals surface area (Å²) in [5.41, 5.74) is -0.375. The van der Waals surface area contributed by atoms with Crippen LogP contribution in [-0.2, 0) is 14.3 Å². The fourth-order valence-electron chi connectivity index (χ4n) is 4.24. The summed E-state index contributed by atoms with van der Waals surface area (Å²) < 4.78 is 5.21. The molecular formula is C20H36N4O3. The summed E-state index contributed by atoms with van der Waals surface area (Å²) in [5, 5.41) is 3.35. The van der Waals surface area contributed by atoms with Crippen LogP contribution in [0.1, 0.15) is 52.4 Å². The third-order valence-corrected chi connectivity index (χ3v) is 5.63. The molecule has 2 fully saturated rings. The van der Waals surface area contributed by atoms with Gasteiger partial charge in [0.2, 0.25) is 5.91 Å².